The van der Waals surface area contributed by atoms with Crippen LogP contribution >= 0.6 is 15.9 Å². The van der Waals surface area contributed by atoms with Crippen LogP contribution in [0, 0.1) is 0 Å². The van der Waals surface area contributed by atoms with E-state index in [0.717, 1.165) is 0 Å². The zero-order chi connectivity index (χ0) is 13.0. The van der Waals surface area contributed by atoms with Crippen molar-refractivity contribution in [3.05, 3.63) is 29.3 Å². The summed E-state index contributed by atoms with van der Waals surface area (Å²) in [6, 6.07) is 5.04. The van der Waals surface area contributed by atoms with E-state index < -0.39 is 11.4 Å². The van der Waals surface area contributed by atoms with Gasteiger partial charge in [0.2, 0.25) is 0 Å². The fourth-order valence-electron chi connectivity index (χ4n) is 1.53. The number of hydrogen-bond acceptors (Lipinski definition) is 2. The van der Waals surface area contributed by atoms with Crippen molar-refractivity contribution in [2.24, 2.45) is 0 Å². The normalized spacial score (nSPS) is 12.6. The van der Waals surface area contributed by atoms with Crippen molar-refractivity contribution in [2.45, 2.75) is 31.7 Å². The van der Waals surface area contributed by atoms with Gasteiger partial charge in [-0.05, 0) is 18.9 Å². The second-order valence-corrected chi connectivity index (χ2v) is 4.46. The summed E-state index contributed by atoms with van der Waals surface area (Å²) in [4.78, 5) is 10.7. The van der Waals surface area contributed by atoms with Gasteiger partial charge in [-0.2, -0.15) is 8.78 Å². The fraction of sp³-hybridized carbons (Fsp3) is 0.417. The molecule has 0 aliphatic heterocycles. The van der Waals surface area contributed by atoms with E-state index in [2.05, 4.69) is 20.7 Å². The van der Waals surface area contributed by atoms with Crippen molar-refractivity contribution in [3.8, 4) is 5.75 Å². The molecule has 0 heterocycles. The van der Waals surface area contributed by atoms with Gasteiger partial charge in [-0.15, -0.1) is 0 Å². The number of alkyl halides is 3. The predicted molar refractivity (Wildman–Crippen MR) is 64.8 cm³/mol. The average molecular weight is 307 g/mol. The topological polar surface area (TPSA) is 26.3 Å². The first-order valence-electron chi connectivity index (χ1n) is 5.18. The smallest absolute Gasteiger partial charge is 0.387 e. The molecule has 0 spiro atoms. The summed E-state index contributed by atoms with van der Waals surface area (Å²) in [6.07, 6.45) is 0.563. The van der Waals surface area contributed by atoms with E-state index in [1.807, 2.05) is 6.92 Å². The highest BCUT2D eigenvalue weighted by Crippen LogP contribution is 2.35. The van der Waals surface area contributed by atoms with Crippen LogP contribution in [-0.2, 0) is 11.2 Å². The van der Waals surface area contributed by atoms with Crippen LogP contribution in [0.4, 0.5) is 8.78 Å². The largest absolute Gasteiger partial charge is 0.434 e. The number of aryl methyl sites for hydroxylation is 1. The van der Waals surface area contributed by atoms with Gasteiger partial charge in [-0.25, -0.2) is 0 Å². The summed E-state index contributed by atoms with van der Waals surface area (Å²) in [6.45, 7) is 0.339. The van der Waals surface area contributed by atoms with Crippen LogP contribution in [0.2, 0.25) is 0 Å². The van der Waals surface area contributed by atoms with Crippen molar-refractivity contribution in [1.82, 2.24) is 0 Å². The summed E-state index contributed by atoms with van der Waals surface area (Å²) < 4.78 is 29.2. The van der Waals surface area contributed by atoms with E-state index in [9.17, 15) is 13.6 Å². The lowest BCUT2D eigenvalue weighted by Gasteiger charge is -2.16. The molecular weight excluding hydrogens is 294 g/mol. The summed E-state index contributed by atoms with van der Waals surface area (Å²) >= 11 is 3.18. The predicted octanol–water partition coefficient (Wildman–Crippen LogP) is 3.88. The minimum absolute atomic E-state index is 0.0991. The van der Waals surface area contributed by atoms with E-state index in [1.54, 1.807) is 18.2 Å². The maximum Gasteiger partial charge on any atom is 0.387 e. The van der Waals surface area contributed by atoms with Gasteiger partial charge in [0.05, 0.1) is 0 Å². The molecule has 1 aromatic carbocycles. The molecule has 0 saturated carbocycles. The minimum atomic E-state index is -2.90. The zero-order valence-corrected chi connectivity index (χ0v) is 11.1. The molecule has 94 valence electrons. The number of hydrogen-bond donors (Lipinski definition) is 0. The molecule has 1 rings (SSSR count). The highest BCUT2D eigenvalue weighted by atomic mass is 79.9. The lowest BCUT2D eigenvalue weighted by atomic mass is 10.0. The van der Waals surface area contributed by atoms with Gasteiger partial charge in [0.25, 0.3) is 0 Å². The summed E-state index contributed by atoms with van der Waals surface area (Å²) in [5.41, 5.74) is 1.10. The lowest BCUT2D eigenvalue weighted by Crippen LogP contribution is -2.10. The molecule has 0 N–H and O–H groups in total. The third-order valence-electron chi connectivity index (χ3n) is 2.34. The van der Waals surface area contributed by atoms with Crippen molar-refractivity contribution in [2.75, 3.05) is 0 Å². The standard InChI is InChI=1S/C12H13BrF2O2/c1-3-8-5-4-6-9(10(13)7(2)16)11(8)17-12(14)15/h4-6,10,12H,3H2,1-2H3. The van der Waals surface area contributed by atoms with E-state index in [-0.39, 0.29) is 11.5 Å². The molecule has 0 aliphatic carbocycles. The Bertz CT molecular complexity index is 407. The SMILES string of the molecule is CCc1cccc(C(Br)C(C)=O)c1OC(F)F. The molecule has 0 radical (unpaired) electrons. The van der Waals surface area contributed by atoms with Gasteiger partial charge in [0, 0.05) is 5.56 Å². The molecule has 17 heavy (non-hydrogen) atoms. The van der Waals surface area contributed by atoms with Crippen LogP contribution in [0.15, 0.2) is 18.2 Å². The third kappa shape index (κ3) is 3.49. The molecule has 0 fully saturated rings. The van der Waals surface area contributed by atoms with Crippen molar-refractivity contribution < 1.29 is 18.3 Å². The van der Waals surface area contributed by atoms with Gasteiger partial charge in [0.1, 0.15) is 16.4 Å². The number of para-hydroxylation sites is 1. The number of halogens is 3. The van der Waals surface area contributed by atoms with Crippen molar-refractivity contribution in [3.63, 3.8) is 0 Å². The van der Waals surface area contributed by atoms with Gasteiger partial charge in [0.15, 0.2) is 0 Å². The van der Waals surface area contributed by atoms with Gasteiger partial charge in [-0.1, -0.05) is 41.1 Å². The Morgan fingerprint density at radius 3 is 2.59 bits per heavy atom. The minimum Gasteiger partial charge on any atom is -0.434 e. The number of carbonyl (C=O) groups excluding carboxylic acids is 1. The Hall–Kier alpha value is -0.970. The molecule has 1 aromatic rings. The van der Waals surface area contributed by atoms with Gasteiger partial charge in [-0.3, -0.25) is 4.79 Å². The lowest BCUT2D eigenvalue weighted by molar-refractivity contribution is -0.116. The number of carbonyl (C=O) groups is 1. The highest BCUT2D eigenvalue weighted by molar-refractivity contribution is 9.09. The van der Waals surface area contributed by atoms with Crippen LogP contribution in [-0.4, -0.2) is 12.4 Å². The molecular formula is C12H13BrF2O2. The Balaban J connectivity index is 3.23. The maximum absolute atomic E-state index is 12.4. The van der Waals surface area contributed by atoms with Crippen LogP contribution < -0.4 is 4.74 Å². The first-order valence-corrected chi connectivity index (χ1v) is 6.10. The van der Waals surface area contributed by atoms with Crippen molar-refractivity contribution >= 4 is 21.7 Å². The zero-order valence-electron chi connectivity index (χ0n) is 9.54. The summed E-state index contributed by atoms with van der Waals surface area (Å²) in [7, 11) is 0. The summed E-state index contributed by atoms with van der Waals surface area (Å²) in [5, 5.41) is 0. The molecule has 5 heteroatoms. The Kier molecular flexibility index (Phi) is 5.05. The monoisotopic (exact) mass is 306 g/mol. The van der Waals surface area contributed by atoms with Crippen LogP contribution in [0.1, 0.15) is 29.8 Å². The molecule has 1 atom stereocenters. The second kappa shape index (κ2) is 6.10. The molecule has 0 amide bonds. The number of Topliss-reactive ketones (excluding diaryl/α,β-unsaturated/α-hetero) is 1. The Morgan fingerprint density at radius 1 is 1.47 bits per heavy atom. The molecule has 2 nitrogen and oxygen atoms in total. The maximum atomic E-state index is 12.4. The van der Waals surface area contributed by atoms with Gasteiger partial charge < -0.3 is 4.74 Å². The van der Waals surface area contributed by atoms with Crippen LogP contribution in [0.25, 0.3) is 0 Å². The number of benzene rings is 1. The molecule has 1 unspecified atom stereocenters. The molecule has 0 bridgehead atoms. The number of rotatable bonds is 5. The second-order valence-electron chi connectivity index (χ2n) is 3.54. The van der Waals surface area contributed by atoms with E-state index in [0.29, 0.717) is 17.5 Å². The molecule has 0 saturated heterocycles. The van der Waals surface area contributed by atoms with E-state index >= 15 is 0 Å². The number of ether oxygens (including phenoxy) is 1. The highest BCUT2D eigenvalue weighted by Gasteiger charge is 2.21. The summed E-state index contributed by atoms with van der Waals surface area (Å²) in [5.74, 6) is -0.0561. The fourth-order valence-corrected chi connectivity index (χ4v) is 1.90. The molecule has 0 aliphatic rings. The quantitative estimate of drug-likeness (QED) is 0.772. The average Bonchev–Trinajstić information content (AvgIpc) is 2.27. The molecule has 0 aromatic heterocycles. The van der Waals surface area contributed by atoms with Crippen LogP contribution in [0.5, 0.6) is 5.75 Å². The first kappa shape index (κ1) is 14.1. The Morgan fingerprint density at radius 2 is 2.12 bits per heavy atom. The van der Waals surface area contributed by atoms with Crippen LogP contribution in [0.3, 0.4) is 0 Å². The number of ketones is 1. The van der Waals surface area contributed by atoms with E-state index in [4.69, 9.17) is 0 Å². The third-order valence-corrected chi connectivity index (χ3v) is 3.48. The Labute approximate surface area is 107 Å². The van der Waals surface area contributed by atoms with E-state index in [1.165, 1.54) is 6.92 Å². The van der Waals surface area contributed by atoms with Gasteiger partial charge >= 0.3 is 6.61 Å². The van der Waals surface area contributed by atoms with Crippen molar-refractivity contribution in [1.29, 1.82) is 0 Å². The first-order chi connectivity index (χ1) is 7.97.